The molecule has 168 valence electrons. The molecule has 33 heavy (non-hydrogen) atoms. The number of hydrogen-bond donors (Lipinski definition) is 1. The van der Waals surface area contributed by atoms with Gasteiger partial charge in [0.1, 0.15) is 18.1 Å². The van der Waals surface area contributed by atoms with Gasteiger partial charge in [0.2, 0.25) is 0 Å². The number of nitrogens with zero attached hydrogens (tertiary/aromatic N) is 4. The number of likely N-dealkylation sites (tertiary alicyclic amines) is 1. The normalized spacial score (nSPS) is 17.3. The van der Waals surface area contributed by atoms with Crippen molar-refractivity contribution in [2.75, 3.05) is 13.2 Å². The molecule has 2 aromatic heterocycles. The van der Waals surface area contributed by atoms with Gasteiger partial charge in [0.15, 0.2) is 0 Å². The van der Waals surface area contributed by atoms with E-state index in [0.717, 1.165) is 0 Å². The minimum absolute atomic E-state index is 0.0506. The number of Topliss-reactive ketones (excluding diaryl/α,β-unsaturated/α-hetero) is 1. The van der Waals surface area contributed by atoms with Crippen molar-refractivity contribution in [1.29, 1.82) is 0 Å². The lowest BCUT2D eigenvalue weighted by Crippen LogP contribution is -2.31. The van der Waals surface area contributed by atoms with Crippen LogP contribution in [0.15, 0.2) is 85.7 Å². The summed E-state index contributed by atoms with van der Waals surface area (Å²) in [6.45, 7) is 4.95. The van der Waals surface area contributed by atoms with Gasteiger partial charge in [-0.25, -0.2) is 4.98 Å². The molecule has 1 N–H and O–H groups in total. The van der Waals surface area contributed by atoms with Crippen LogP contribution in [-0.4, -0.2) is 49.4 Å². The first kappa shape index (κ1) is 22.0. The van der Waals surface area contributed by atoms with Crippen LogP contribution in [0.5, 0.6) is 5.75 Å². The van der Waals surface area contributed by atoms with Crippen molar-refractivity contribution >= 4 is 17.4 Å². The number of ketones is 1. The molecule has 1 aliphatic heterocycles. The summed E-state index contributed by atoms with van der Waals surface area (Å²) in [4.78, 5) is 35.6. The van der Waals surface area contributed by atoms with Crippen molar-refractivity contribution in [3.8, 4) is 5.75 Å². The molecule has 0 saturated carbocycles. The molecule has 0 spiro atoms. The molecule has 0 radical (unpaired) electrons. The number of benzene rings is 1. The molecular weight excluding hydrogens is 420 g/mol. The lowest BCUT2D eigenvalue weighted by atomic mass is 9.95. The molecule has 1 atom stereocenters. The zero-order chi connectivity index (χ0) is 23.2. The molecule has 1 unspecified atom stereocenters. The molecule has 0 bridgehead atoms. The molecule has 1 saturated heterocycles. The number of aromatic nitrogens is 3. The first-order chi connectivity index (χ1) is 16.1. The fourth-order valence-corrected chi connectivity index (χ4v) is 3.89. The average Bonchev–Trinajstić information content (AvgIpc) is 3.45. The summed E-state index contributed by atoms with van der Waals surface area (Å²) in [5.41, 5.74) is 1.15. The van der Waals surface area contributed by atoms with Crippen LogP contribution in [0.2, 0.25) is 0 Å². The van der Waals surface area contributed by atoms with E-state index in [2.05, 4.69) is 16.5 Å². The average molecular weight is 444 g/mol. The Kier molecular flexibility index (Phi) is 6.64. The molecule has 8 nitrogen and oxygen atoms in total. The molecule has 3 heterocycles. The summed E-state index contributed by atoms with van der Waals surface area (Å²) in [5.74, 6) is -0.997. The van der Waals surface area contributed by atoms with Gasteiger partial charge in [0.05, 0.1) is 17.9 Å². The number of aliphatic hydroxyl groups is 1. The van der Waals surface area contributed by atoms with Crippen LogP contribution in [0.1, 0.15) is 23.6 Å². The van der Waals surface area contributed by atoms with E-state index in [9.17, 15) is 14.7 Å². The zero-order valence-electron chi connectivity index (χ0n) is 18.0. The van der Waals surface area contributed by atoms with Gasteiger partial charge in [-0.15, -0.1) is 0 Å². The highest BCUT2D eigenvalue weighted by Gasteiger charge is 2.45. The predicted octanol–water partition coefficient (Wildman–Crippen LogP) is 3.35. The second-order valence-electron chi connectivity index (χ2n) is 7.55. The Morgan fingerprint density at radius 2 is 1.94 bits per heavy atom. The second kappa shape index (κ2) is 9.95. The van der Waals surface area contributed by atoms with Gasteiger partial charge in [-0.3, -0.25) is 14.6 Å². The fraction of sp³-hybridized carbons (Fsp3) is 0.200. The van der Waals surface area contributed by atoms with Gasteiger partial charge in [-0.1, -0.05) is 24.8 Å². The number of pyridine rings is 1. The fourth-order valence-electron chi connectivity index (χ4n) is 3.89. The summed E-state index contributed by atoms with van der Waals surface area (Å²) < 4.78 is 7.56. The highest BCUT2D eigenvalue weighted by molar-refractivity contribution is 6.46. The summed E-state index contributed by atoms with van der Waals surface area (Å²) in [5, 5.41) is 11.0. The van der Waals surface area contributed by atoms with E-state index >= 15 is 0 Å². The predicted molar refractivity (Wildman–Crippen MR) is 122 cm³/mol. The highest BCUT2D eigenvalue weighted by atomic mass is 16.5. The maximum atomic E-state index is 13.1. The van der Waals surface area contributed by atoms with Crippen molar-refractivity contribution in [3.05, 3.63) is 96.9 Å². The second-order valence-corrected chi connectivity index (χ2v) is 7.55. The van der Waals surface area contributed by atoms with Crippen molar-refractivity contribution in [3.63, 3.8) is 0 Å². The van der Waals surface area contributed by atoms with E-state index in [0.29, 0.717) is 43.0 Å². The molecule has 1 fully saturated rings. The Morgan fingerprint density at radius 3 is 2.67 bits per heavy atom. The van der Waals surface area contributed by atoms with Crippen LogP contribution < -0.4 is 4.74 Å². The third-order valence-corrected chi connectivity index (χ3v) is 5.41. The maximum absolute atomic E-state index is 13.1. The first-order valence-electron chi connectivity index (χ1n) is 10.6. The first-order valence-corrected chi connectivity index (χ1v) is 10.6. The Hall–Kier alpha value is -4.20. The quantitative estimate of drug-likeness (QED) is 0.235. The van der Waals surface area contributed by atoms with Crippen molar-refractivity contribution in [1.82, 2.24) is 19.4 Å². The lowest BCUT2D eigenvalue weighted by molar-refractivity contribution is -0.139. The molecule has 1 aliphatic rings. The molecule has 1 aromatic carbocycles. The summed E-state index contributed by atoms with van der Waals surface area (Å²) in [6.07, 6.45) is 10.5. The lowest BCUT2D eigenvalue weighted by Gasteiger charge is -2.25. The molecule has 8 heteroatoms. The van der Waals surface area contributed by atoms with E-state index in [4.69, 9.17) is 4.74 Å². The van der Waals surface area contributed by atoms with Crippen LogP contribution in [0.25, 0.3) is 5.76 Å². The number of amides is 1. The van der Waals surface area contributed by atoms with E-state index in [1.54, 1.807) is 48.9 Å². The van der Waals surface area contributed by atoms with Gasteiger partial charge < -0.3 is 19.3 Å². The number of carbonyl (C=O) groups is 2. The van der Waals surface area contributed by atoms with Crippen LogP contribution >= 0.6 is 0 Å². The standard InChI is InChI=1S/C25H24N4O4/c1-2-15-33-20-6-3-5-19(16-20)22-21(23(30)18-7-9-26-10-8-18)24(31)25(32)29(22)13-4-12-28-14-11-27-17-28/h2-3,5-11,14,16-17,22,30H,1,4,12-13,15H2/b23-21+. The van der Waals surface area contributed by atoms with E-state index < -0.39 is 17.7 Å². The third-order valence-electron chi connectivity index (χ3n) is 5.41. The number of carbonyl (C=O) groups excluding carboxylic acids is 2. The Labute approximate surface area is 191 Å². The summed E-state index contributed by atoms with van der Waals surface area (Å²) in [7, 11) is 0. The molecule has 1 amide bonds. The van der Waals surface area contributed by atoms with Crippen LogP contribution in [-0.2, 0) is 16.1 Å². The molecule has 0 aliphatic carbocycles. The van der Waals surface area contributed by atoms with Gasteiger partial charge in [-0.2, -0.15) is 0 Å². The van der Waals surface area contributed by atoms with E-state index in [1.165, 1.54) is 17.3 Å². The molecule has 3 aromatic rings. The van der Waals surface area contributed by atoms with Gasteiger partial charge in [0.25, 0.3) is 11.7 Å². The smallest absolute Gasteiger partial charge is 0.295 e. The van der Waals surface area contributed by atoms with Crippen molar-refractivity contribution < 1.29 is 19.4 Å². The van der Waals surface area contributed by atoms with Gasteiger partial charge in [0, 0.05) is 43.4 Å². The number of aryl methyl sites for hydroxylation is 1. The number of ether oxygens (including phenoxy) is 1. The topological polar surface area (TPSA) is 97.5 Å². The van der Waals surface area contributed by atoms with Crippen molar-refractivity contribution in [2.45, 2.75) is 19.0 Å². The van der Waals surface area contributed by atoms with Crippen LogP contribution in [0, 0.1) is 0 Å². The number of aliphatic hydroxyl groups excluding tert-OH is 1. The van der Waals surface area contributed by atoms with Crippen LogP contribution in [0.4, 0.5) is 0 Å². The highest BCUT2D eigenvalue weighted by Crippen LogP contribution is 2.40. The number of hydrogen-bond acceptors (Lipinski definition) is 6. The van der Waals surface area contributed by atoms with E-state index in [1.807, 2.05) is 16.8 Å². The molecule has 4 rings (SSSR count). The minimum atomic E-state index is -0.742. The van der Waals surface area contributed by atoms with Gasteiger partial charge >= 0.3 is 0 Å². The van der Waals surface area contributed by atoms with Crippen LogP contribution in [0.3, 0.4) is 0 Å². The number of rotatable bonds is 9. The monoisotopic (exact) mass is 444 g/mol. The Morgan fingerprint density at radius 1 is 1.12 bits per heavy atom. The third kappa shape index (κ3) is 4.69. The SMILES string of the molecule is C=CCOc1cccc(C2/C(=C(\O)c3ccncc3)C(=O)C(=O)N2CCCn2ccnc2)c1. The zero-order valence-corrected chi connectivity index (χ0v) is 18.0. The summed E-state index contributed by atoms with van der Waals surface area (Å²) >= 11 is 0. The minimum Gasteiger partial charge on any atom is -0.507 e. The Bertz CT molecular complexity index is 1170. The summed E-state index contributed by atoms with van der Waals surface area (Å²) in [6, 6.07) is 9.65. The van der Waals surface area contributed by atoms with E-state index in [-0.39, 0.29) is 11.3 Å². The Balaban J connectivity index is 1.73. The maximum Gasteiger partial charge on any atom is 0.295 e. The number of imidazole rings is 1. The van der Waals surface area contributed by atoms with Crippen molar-refractivity contribution in [2.24, 2.45) is 0 Å². The molecular formula is C25H24N4O4. The largest absolute Gasteiger partial charge is 0.507 e. The van der Waals surface area contributed by atoms with Gasteiger partial charge in [-0.05, 0) is 36.2 Å².